The Morgan fingerprint density at radius 3 is 2.51 bits per heavy atom. The minimum Gasteiger partial charge on any atom is -0.484 e. The number of carbonyl (C=O) groups is 2. The van der Waals surface area contributed by atoms with Gasteiger partial charge in [0.15, 0.2) is 16.8 Å². The van der Waals surface area contributed by atoms with E-state index in [-0.39, 0.29) is 24.1 Å². The van der Waals surface area contributed by atoms with Gasteiger partial charge in [-0.2, -0.15) is 0 Å². The molecule has 10 heteroatoms. The Morgan fingerprint density at radius 2 is 1.74 bits per heavy atom. The molecule has 1 N–H and O–H groups in total. The van der Waals surface area contributed by atoms with Gasteiger partial charge < -0.3 is 14.6 Å². The lowest BCUT2D eigenvalue weighted by Crippen LogP contribution is -2.17. The van der Waals surface area contributed by atoms with Crippen molar-refractivity contribution >= 4 is 52.3 Å². The molecule has 3 aromatic carbocycles. The van der Waals surface area contributed by atoms with E-state index >= 15 is 0 Å². The van der Waals surface area contributed by atoms with Crippen molar-refractivity contribution in [2.24, 2.45) is 7.05 Å². The molecule has 1 amide bonds. The smallest absolute Gasteiger partial charge is 0.234 e. The fraction of sp³-hybridized carbons (Fsp3) is 0.120. The molecule has 35 heavy (non-hydrogen) atoms. The third kappa shape index (κ3) is 6.22. The Kier molecular flexibility index (Phi) is 8.07. The lowest BCUT2D eigenvalue weighted by molar-refractivity contribution is -0.113. The summed E-state index contributed by atoms with van der Waals surface area (Å²) < 4.78 is 7.46. The quantitative estimate of drug-likeness (QED) is 0.223. The fourth-order valence-corrected chi connectivity index (χ4v) is 4.38. The van der Waals surface area contributed by atoms with Crippen LogP contribution in [-0.4, -0.2) is 32.2 Å². The number of nitrogens with one attached hydrogen (secondary N) is 1. The van der Waals surface area contributed by atoms with Crippen LogP contribution in [0.2, 0.25) is 10.0 Å². The molecule has 7 nitrogen and oxygen atoms in total. The van der Waals surface area contributed by atoms with Crippen molar-refractivity contribution in [2.75, 3.05) is 11.1 Å². The van der Waals surface area contributed by atoms with Gasteiger partial charge in [-0.1, -0.05) is 77.4 Å². The van der Waals surface area contributed by atoms with Gasteiger partial charge in [-0.3, -0.25) is 9.59 Å². The first-order chi connectivity index (χ1) is 16.9. The van der Waals surface area contributed by atoms with Crippen LogP contribution in [0, 0.1) is 0 Å². The van der Waals surface area contributed by atoms with E-state index in [9.17, 15) is 9.59 Å². The summed E-state index contributed by atoms with van der Waals surface area (Å²) in [4.78, 5) is 25.5. The molecule has 0 aliphatic carbocycles. The molecular weight excluding hydrogens is 507 g/mol. The summed E-state index contributed by atoms with van der Waals surface area (Å²) in [5.74, 6) is 0.711. The summed E-state index contributed by atoms with van der Waals surface area (Å²) in [5, 5.41) is 12.6. The van der Waals surface area contributed by atoms with Gasteiger partial charge in [0, 0.05) is 23.2 Å². The molecule has 0 atom stereocenters. The number of anilines is 1. The number of halogens is 2. The number of benzene rings is 3. The largest absolute Gasteiger partial charge is 0.484 e. The molecule has 1 heterocycles. The number of amides is 1. The third-order valence-electron chi connectivity index (χ3n) is 4.99. The second-order valence-electron chi connectivity index (χ2n) is 7.40. The number of carbonyl (C=O) groups excluding carboxylic acids is 2. The van der Waals surface area contributed by atoms with Crippen LogP contribution in [0.4, 0.5) is 5.69 Å². The van der Waals surface area contributed by atoms with E-state index in [0.29, 0.717) is 43.6 Å². The molecule has 1 aromatic heterocycles. The summed E-state index contributed by atoms with van der Waals surface area (Å²) in [6.07, 6.45) is 0. The van der Waals surface area contributed by atoms with E-state index in [1.54, 1.807) is 78.3 Å². The Hall–Kier alpha value is -3.33. The first-order valence-electron chi connectivity index (χ1n) is 10.5. The van der Waals surface area contributed by atoms with E-state index < -0.39 is 0 Å². The molecule has 0 unspecified atom stereocenters. The van der Waals surface area contributed by atoms with Crippen molar-refractivity contribution < 1.29 is 14.3 Å². The normalized spacial score (nSPS) is 10.7. The Labute approximate surface area is 216 Å². The lowest BCUT2D eigenvalue weighted by Gasteiger charge is -2.10. The monoisotopic (exact) mass is 526 g/mol. The van der Waals surface area contributed by atoms with Crippen molar-refractivity contribution in [1.82, 2.24) is 14.8 Å². The first kappa shape index (κ1) is 24.8. The molecule has 0 aliphatic rings. The maximum atomic E-state index is 12.9. The topological polar surface area (TPSA) is 86.1 Å². The molecule has 0 fully saturated rings. The minimum absolute atomic E-state index is 0.0870. The van der Waals surface area contributed by atoms with Gasteiger partial charge in [0.2, 0.25) is 5.91 Å². The number of nitrogens with zero attached hydrogens (tertiary/aromatic N) is 3. The third-order valence-corrected chi connectivity index (χ3v) is 6.54. The summed E-state index contributed by atoms with van der Waals surface area (Å²) in [5.41, 5.74) is 1.44. The van der Waals surface area contributed by atoms with Crippen molar-refractivity contribution in [1.29, 1.82) is 0 Å². The van der Waals surface area contributed by atoms with Gasteiger partial charge in [-0.05, 0) is 30.3 Å². The number of ketones is 1. The number of ether oxygens (including phenoxy) is 1. The van der Waals surface area contributed by atoms with Gasteiger partial charge in [0.1, 0.15) is 12.4 Å². The highest BCUT2D eigenvalue weighted by molar-refractivity contribution is 7.99. The predicted octanol–water partition coefficient (Wildman–Crippen LogP) is 5.66. The van der Waals surface area contributed by atoms with Crippen LogP contribution in [0.15, 0.2) is 78.0 Å². The highest BCUT2D eigenvalue weighted by atomic mass is 35.5. The zero-order chi connectivity index (χ0) is 24.8. The van der Waals surface area contributed by atoms with Gasteiger partial charge in [-0.15, -0.1) is 10.2 Å². The lowest BCUT2D eigenvalue weighted by atomic mass is 10.0. The summed E-state index contributed by atoms with van der Waals surface area (Å²) in [7, 11) is 1.79. The molecule has 0 bridgehead atoms. The van der Waals surface area contributed by atoms with Crippen molar-refractivity contribution in [2.45, 2.75) is 11.8 Å². The first-order valence-corrected chi connectivity index (χ1v) is 12.2. The second kappa shape index (κ2) is 11.4. The van der Waals surface area contributed by atoms with Crippen LogP contribution < -0.4 is 10.1 Å². The van der Waals surface area contributed by atoms with Crippen LogP contribution in [0.1, 0.15) is 21.7 Å². The maximum absolute atomic E-state index is 12.9. The van der Waals surface area contributed by atoms with Gasteiger partial charge in [0.05, 0.1) is 16.5 Å². The summed E-state index contributed by atoms with van der Waals surface area (Å²) in [6.45, 7) is 0.145. The van der Waals surface area contributed by atoms with E-state index in [0.717, 1.165) is 0 Å². The van der Waals surface area contributed by atoms with E-state index in [2.05, 4.69) is 15.5 Å². The van der Waals surface area contributed by atoms with Crippen LogP contribution in [0.25, 0.3) is 0 Å². The van der Waals surface area contributed by atoms with Crippen LogP contribution in [0.3, 0.4) is 0 Å². The number of aromatic nitrogens is 3. The van der Waals surface area contributed by atoms with Crippen LogP contribution >= 0.6 is 35.0 Å². The predicted molar refractivity (Wildman–Crippen MR) is 137 cm³/mol. The number of thioether (sulfide) groups is 1. The number of hydrogen-bond donors (Lipinski definition) is 1. The van der Waals surface area contributed by atoms with E-state index in [1.807, 2.05) is 6.07 Å². The summed E-state index contributed by atoms with van der Waals surface area (Å²) in [6, 6.07) is 20.8. The highest BCUT2D eigenvalue weighted by Crippen LogP contribution is 2.28. The zero-order valence-electron chi connectivity index (χ0n) is 18.6. The number of rotatable bonds is 9. The molecule has 4 aromatic rings. The van der Waals surface area contributed by atoms with Crippen LogP contribution in [-0.2, 0) is 18.4 Å². The summed E-state index contributed by atoms with van der Waals surface area (Å²) >= 11 is 13.3. The van der Waals surface area contributed by atoms with Gasteiger partial charge in [0.25, 0.3) is 0 Å². The zero-order valence-corrected chi connectivity index (χ0v) is 20.9. The molecule has 4 rings (SSSR count). The maximum Gasteiger partial charge on any atom is 0.234 e. The van der Waals surface area contributed by atoms with Gasteiger partial charge >= 0.3 is 0 Å². The van der Waals surface area contributed by atoms with Gasteiger partial charge in [-0.25, -0.2) is 0 Å². The van der Waals surface area contributed by atoms with Crippen molar-refractivity contribution in [3.63, 3.8) is 0 Å². The molecule has 0 saturated carbocycles. The van der Waals surface area contributed by atoms with E-state index in [1.165, 1.54) is 11.8 Å². The highest BCUT2D eigenvalue weighted by Gasteiger charge is 2.16. The van der Waals surface area contributed by atoms with Crippen LogP contribution in [0.5, 0.6) is 5.75 Å². The molecule has 0 radical (unpaired) electrons. The fourth-order valence-electron chi connectivity index (χ4n) is 3.18. The molecule has 178 valence electrons. The van der Waals surface area contributed by atoms with Crippen molar-refractivity contribution in [3.05, 3.63) is 99.8 Å². The number of para-hydroxylation sites is 1. The SMILES string of the molecule is Cn1c(COc2ccc(Cl)cc2Cl)nnc1SCC(=O)Nc1ccccc1C(=O)c1ccccc1. The standard InChI is InChI=1S/C25H20Cl2N4O3S/c1-31-22(14-34-21-12-11-17(26)13-19(21)27)29-30-25(31)35-15-23(32)28-20-10-6-5-9-18(20)24(33)16-7-3-2-4-8-16/h2-13H,14-15H2,1H3,(H,28,32). The average molecular weight is 527 g/mol. The minimum atomic E-state index is -0.267. The Morgan fingerprint density at radius 1 is 1.00 bits per heavy atom. The number of hydrogen-bond acceptors (Lipinski definition) is 6. The van der Waals surface area contributed by atoms with E-state index in [4.69, 9.17) is 27.9 Å². The molecule has 0 spiro atoms. The second-order valence-corrected chi connectivity index (χ2v) is 9.18. The molecule has 0 saturated heterocycles. The molecular formula is C25H20Cl2N4O3S. The van der Waals surface area contributed by atoms with Crippen molar-refractivity contribution in [3.8, 4) is 5.75 Å². The Bertz CT molecular complexity index is 1360. The molecule has 0 aliphatic heterocycles. The average Bonchev–Trinajstić information content (AvgIpc) is 3.22. The Balaban J connectivity index is 1.36.